The Labute approximate surface area is 174 Å². The second-order valence-corrected chi connectivity index (χ2v) is 8.57. The van der Waals surface area contributed by atoms with E-state index in [1.54, 1.807) is 22.8 Å². The molecule has 4 rings (SSSR count). The van der Waals surface area contributed by atoms with E-state index in [2.05, 4.69) is 19.1 Å². The minimum atomic E-state index is -0.453. The number of imidazole rings is 1. The minimum absolute atomic E-state index is 0.343. The summed E-state index contributed by atoms with van der Waals surface area (Å²) in [5.74, 6) is 0. The first-order chi connectivity index (χ1) is 14.0. The van der Waals surface area contributed by atoms with Crippen LogP contribution >= 0.6 is 23.5 Å². The van der Waals surface area contributed by atoms with Gasteiger partial charge in [0.05, 0.1) is 22.8 Å². The number of aromatic amines is 1. The topological polar surface area (TPSA) is 97.6 Å². The van der Waals surface area contributed by atoms with Gasteiger partial charge in [0.15, 0.2) is 11.2 Å². The highest BCUT2D eigenvalue weighted by atomic mass is 32.2. The van der Waals surface area contributed by atoms with Gasteiger partial charge in [0.1, 0.15) is 0 Å². The van der Waals surface area contributed by atoms with E-state index in [-0.39, 0.29) is 0 Å². The first-order valence-corrected chi connectivity index (χ1v) is 10.7. The highest BCUT2D eigenvalue weighted by Crippen LogP contribution is 2.21. The number of hydrogen-bond donors (Lipinski definition) is 2. The van der Waals surface area contributed by atoms with Gasteiger partial charge < -0.3 is 4.57 Å². The lowest BCUT2D eigenvalue weighted by Gasteiger charge is -2.08. The number of fused-ring (bicyclic) bond motifs is 1. The summed E-state index contributed by atoms with van der Waals surface area (Å²) < 4.78 is 12.0. The first kappa shape index (κ1) is 19.6. The molecule has 150 valence electrons. The molecule has 4 aromatic rings. The Morgan fingerprint density at radius 1 is 1.21 bits per heavy atom. The molecule has 29 heavy (non-hydrogen) atoms. The van der Waals surface area contributed by atoms with E-state index in [4.69, 9.17) is 0 Å². The van der Waals surface area contributed by atoms with Gasteiger partial charge in [-0.2, -0.15) is 4.37 Å². The fourth-order valence-electron chi connectivity index (χ4n) is 3.03. The molecule has 3 aromatic heterocycles. The van der Waals surface area contributed by atoms with E-state index in [0.717, 1.165) is 21.0 Å². The van der Waals surface area contributed by atoms with E-state index in [0.29, 0.717) is 30.8 Å². The highest BCUT2D eigenvalue weighted by Gasteiger charge is 2.13. The predicted octanol–water partition coefficient (Wildman–Crippen LogP) is 2.52. The smallest absolute Gasteiger partial charge is 0.325 e. The number of aryl methyl sites for hydroxylation is 2. The van der Waals surface area contributed by atoms with Crippen LogP contribution < -0.4 is 16.0 Å². The Morgan fingerprint density at radius 3 is 2.66 bits per heavy atom. The second kappa shape index (κ2) is 8.36. The molecule has 0 bridgehead atoms. The van der Waals surface area contributed by atoms with E-state index in [1.165, 1.54) is 16.1 Å². The minimum Gasteiger partial charge on any atom is -0.325 e. The largest absolute Gasteiger partial charge is 0.330 e. The van der Waals surface area contributed by atoms with Gasteiger partial charge in [0, 0.05) is 13.1 Å². The van der Waals surface area contributed by atoms with E-state index >= 15 is 0 Å². The van der Waals surface area contributed by atoms with Gasteiger partial charge in [-0.05, 0) is 54.5 Å². The van der Waals surface area contributed by atoms with E-state index in [9.17, 15) is 9.59 Å². The number of nitrogens with one attached hydrogen (secondary N) is 2. The van der Waals surface area contributed by atoms with E-state index in [1.807, 2.05) is 44.2 Å². The number of rotatable bonds is 7. The number of nitrogens with zero attached hydrogens (tertiary/aromatic N) is 4. The molecular formula is C19H20N6O2S2. The quantitative estimate of drug-likeness (QED) is 0.439. The molecule has 0 aliphatic heterocycles. The molecule has 1 aromatic carbocycles. The Bertz CT molecular complexity index is 1250. The third-order valence-electron chi connectivity index (χ3n) is 4.51. The van der Waals surface area contributed by atoms with Crippen LogP contribution in [0.15, 0.2) is 50.5 Å². The third-order valence-corrected chi connectivity index (χ3v) is 6.27. The normalized spacial score (nSPS) is 11.4. The lowest BCUT2D eigenvalue weighted by atomic mass is 10.1. The molecule has 10 heteroatoms. The van der Waals surface area contributed by atoms with Gasteiger partial charge in [0.2, 0.25) is 0 Å². The summed E-state index contributed by atoms with van der Waals surface area (Å²) in [5, 5.41) is 0. The molecule has 0 fully saturated rings. The highest BCUT2D eigenvalue weighted by molar-refractivity contribution is 7.99. The Hall–Kier alpha value is -2.69. The van der Waals surface area contributed by atoms with Crippen molar-refractivity contribution in [2.45, 2.75) is 37.7 Å². The lowest BCUT2D eigenvalue weighted by molar-refractivity contribution is 0.742. The van der Waals surface area contributed by atoms with Crippen LogP contribution in [0.4, 0.5) is 0 Å². The predicted molar refractivity (Wildman–Crippen MR) is 115 cm³/mol. The van der Waals surface area contributed by atoms with Gasteiger partial charge in [-0.1, -0.05) is 24.3 Å². The molecule has 0 amide bonds. The Morgan fingerprint density at radius 2 is 1.97 bits per heavy atom. The fourth-order valence-corrected chi connectivity index (χ4v) is 4.59. The molecule has 0 saturated carbocycles. The van der Waals surface area contributed by atoms with E-state index < -0.39 is 11.2 Å². The van der Waals surface area contributed by atoms with Crippen molar-refractivity contribution in [3.05, 3.63) is 74.3 Å². The molecule has 0 saturated heterocycles. The van der Waals surface area contributed by atoms with Crippen LogP contribution in [-0.2, 0) is 19.6 Å². The zero-order valence-electron chi connectivity index (χ0n) is 16.0. The third kappa shape index (κ3) is 4.19. The lowest BCUT2D eigenvalue weighted by Crippen LogP contribution is -2.31. The van der Waals surface area contributed by atoms with Crippen molar-refractivity contribution in [3.63, 3.8) is 0 Å². The maximum absolute atomic E-state index is 12.3. The molecular weight excluding hydrogens is 408 g/mol. The van der Waals surface area contributed by atoms with Gasteiger partial charge in [-0.15, -0.1) is 0 Å². The van der Waals surface area contributed by atoms with Crippen molar-refractivity contribution >= 4 is 34.6 Å². The van der Waals surface area contributed by atoms with Crippen LogP contribution in [0.1, 0.15) is 23.7 Å². The van der Waals surface area contributed by atoms with Gasteiger partial charge in [-0.25, -0.2) is 9.78 Å². The van der Waals surface area contributed by atoms with Crippen molar-refractivity contribution in [2.75, 3.05) is 0 Å². The van der Waals surface area contributed by atoms with Crippen LogP contribution in [0.3, 0.4) is 0 Å². The van der Waals surface area contributed by atoms with Crippen molar-refractivity contribution < 1.29 is 0 Å². The summed E-state index contributed by atoms with van der Waals surface area (Å²) in [6, 6.07) is 10.1. The number of hydrogen-bond acceptors (Lipinski definition) is 7. The summed E-state index contributed by atoms with van der Waals surface area (Å²) in [6.07, 6.45) is 1.59. The Balaban J connectivity index is 1.48. The summed E-state index contributed by atoms with van der Waals surface area (Å²) in [4.78, 5) is 31.2. The summed E-state index contributed by atoms with van der Waals surface area (Å²) >= 11 is 3.05. The molecule has 0 atom stereocenters. The van der Waals surface area contributed by atoms with Gasteiger partial charge in [0.25, 0.3) is 5.56 Å². The van der Waals surface area contributed by atoms with Crippen molar-refractivity contribution in [2.24, 2.45) is 0 Å². The zero-order chi connectivity index (χ0) is 20.4. The van der Waals surface area contributed by atoms with Crippen molar-refractivity contribution in [1.82, 2.24) is 28.2 Å². The molecule has 0 radical (unpaired) electrons. The summed E-state index contributed by atoms with van der Waals surface area (Å²) in [6.45, 7) is 5.57. The van der Waals surface area contributed by atoms with Crippen LogP contribution in [0.25, 0.3) is 11.2 Å². The monoisotopic (exact) mass is 428 g/mol. The van der Waals surface area contributed by atoms with Crippen LogP contribution in [0.2, 0.25) is 0 Å². The molecule has 0 aliphatic rings. The summed E-state index contributed by atoms with van der Waals surface area (Å²) in [5.41, 5.74) is 3.09. The average Bonchev–Trinajstić information content (AvgIpc) is 3.32. The number of aromatic nitrogens is 5. The van der Waals surface area contributed by atoms with Gasteiger partial charge in [-0.3, -0.25) is 19.1 Å². The molecule has 2 N–H and O–H groups in total. The SMILES string of the molecule is CCn1cnc2c1c(=O)[nH]c(=O)n2Cc1ccc(CNSc2cc(C)ns2)cc1. The Kier molecular flexibility index (Phi) is 5.65. The number of H-pyrrole nitrogens is 1. The maximum atomic E-state index is 12.3. The number of benzene rings is 1. The van der Waals surface area contributed by atoms with Crippen LogP contribution in [0.5, 0.6) is 0 Å². The fraction of sp³-hybridized carbons (Fsp3) is 0.263. The molecule has 3 heterocycles. The molecule has 0 unspecified atom stereocenters. The molecule has 0 spiro atoms. The van der Waals surface area contributed by atoms with Crippen LogP contribution in [0, 0.1) is 6.92 Å². The molecule has 0 aliphatic carbocycles. The van der Waals surface area contributed by atoms with Crippen molar-refractivity contribution in [1.29, 1.82) is 0 Å². The summed E-state index contributed by atoms with van der Waals surface area (Å²) in [7, 11) is 0. The maximum Gasteiger partial charge on any atom is 0.330 e. The molecule has 8 nitrogen and oxygen atoms in total. The first-order valence-electron chi connectivity index (χ1n) is 9.14. The standard InChI is InChI=1S/C19H20N6O2S2/c1-3-24-11-20-17-16(24)18(26)22-19(27)25(17)10-14-6-4-13(5-7-14)9-21-28-15-8-12(2)23-29-15/h4-8,11,21H,3,9-10H2,1-2H3,(H,22,26,27). The second-order valence-electron chi connectivity index (χ2n) is 6.58. The van der Waals surface area contributed by atoms with Crippen molar-refractivity contribution in [3.8, 4) is 0 Å². The van der Waals surface area contributed by atoms with Gasteiger partial charge >= 0.3 is 5.69 Å². The zero-order valence-corrected chi connectivity index (χ0v) is 17.6. The average molecular weight is 429 g/mol. The van der Waals surface area contributed by atoms with Crippen LogP contribution in [-0.4, -0.2) is 23.5 Å².